The number of furan rings is 1. The Morgan fingerprint density at radius 3 is 2.46 bits per heavy atom. The fraction of sp³-hybridized carbons (Fsp3) is 0.111. The molecule has 6 heteroatoms. The molecule has 3 rings (SSSR count). The van der Waals surface area contributed by atoms with Crippen molar-refractivity contribution in [1.29, 1.82) is 0 Å². The molecule has 24 heavy (non-hydrogen) atoms. The fourth-order valence-electron chi connectivity index (χ4n) is 2.71. The molecule has 0 amide bonds. The SMILES string of the molecule is CNCc1ccc(-c2ccco2)c(-c2ccccc2S(N)(=O)=O)c1. The van der Waals surface area contributed by atoms with Crippen molar-refractivity contribution in [2.75, 3.05) is 7.05 Å². The highest BCUT2D eigenvalue weighted by Gasteiger charge is 2.18. The monoisotopic (exact) mass is 342 g/mol. The van der Waals surface area contributed by atoms with Crippen LogP contribution in [0.2, 0.25) is 0 Å². The zero-order chi connectivity index (χ0) is 17.2. The van der Waals surface area contributed by atoms with Crippen LogP contribution in [0.25, 0.3) is 22.5 Å². The number of hydrogen-bond acceptors (Lipinski definition) is 4. The highest BCUT2D eigenvalue weighted by Crippen LogP contribution is 2.36. The summed E-state index contributed by atoms with van der Waals surface area (Å²) < 4.78 is 29.5. The van der Waals surface area contributed by atoms with Crippen LogP contribution in [-0.2, 0) is 16.6 Å². The molecule has 0 saturated carbocycles. The summed E-state index contributed by atoms with van der Waals surface area (Å²) in [6.07, 6.45) is 1.59. The van der Waals surface area contributed by atoms with Gasteiger partial charge in [-0.05, 0) is 42.4 Å². The van der Waals surface area contributed by atoms with Crippen molar-refractivity contribution in [1.82, 2.24) is 5.32 Å². The lowest BCUT2D eigenvalue weighted by molar-refractivity contribution is 0.582. The summed E-state index contributed by atoms with van der Waals surface area (Å²) in [5, 5.41) is 8.49. The van der Waals surface area contributed by atoms with Gasteiger partial charge >= 0.3 is 0 Å². The molecule has 0 atom stereocenters. The van der Waals surface area contributed by atoms with E-state index < -0.39 is 10.0 Å². The molecule has 0 fully saturated rings. The van der Waals surface area contributed by atoms with Crippen LogP contribution in [-0.4, -0.2) is 15.5 Å². The first-order valence-corrected chi connectivity index (χ1v) is 8.99. The predicted octanol–water partition coefficient (Wildman–Crippen LogP) is 2.98. The molecule has 3 aromatic rings. The van der Waals surface area contributed by atoms with Crippen molar-refractivity contribution in [2.24, 2.45) is 5.14 Å². The first-order valence-electron chi connectivity index (χ1n) is 7.44. The Balaban J connectivity index is 2.28. The molecular formula is C18H18N2O3S. The highest BCUT2D eigenvalue weighted by atomic mass is 32.2. The summed E-state index contributed by atoms with van der Waals surface area (Å²) in [5.41, 5.74) is 3.18. The molecule has 1 heterocycles. The summed E-state index contributed by atoms with van der Waals surface area (Å²) in [6.45, 7) is 0.670. The molecule has 0 aliphatic rings. The smallest absolute Gasteiger partial charge is 0.238 e. The molecule has 0 bridgehead atoms. The molecule has 0 saturated heterocycles. The number of primary sulfonamides is 1. The maximum atomic E-state index is 12.0. The van der Waals surface area contributed by atoms with E-state index in [1.165, 1.54) is 6.07 Å². The lowest BCUT2D eigenvalue weighted by Gasteiger charge is -2.13. The average Bonchev–Trinajstić information content (AvgIpc) is 3.09. The van der Waals surface area contributed by atoms with Gasteiger partial charge in [-0.2, -0.15) is 0 Å². The van der Waals surface area contributed by atoms with Crippen molar-refractivity contribution in [3.8, 4) is 22.5 Å². The zero-order valence-electron chi connectivity index (χ0n) is 13.2. The van der Waals surface area contributed by atoms with Gasteiger partial charge in [-0.1, -0.05) is 30.3 Å². The third-order valence-corrected chi connectivity index (χ3v) is 4.70. The summed E-state index contributed by atoms with van der Waals surface area (Å²) >= 11 is 0. The second-order valence-corrected chi connectivity index (χ2v) is 6.96. The van der Waals surface area contributed by atoms with Crippen LogP contribution in [0.1, 0.15) is 5.56 Å². The van der Waals surface area contributed by atoms with Crippen LogP contribution < -0.4 is 10.5 Å². The van der Waals surface area contributed by atoms with Gasteiger partial charge in [0.25, 0.3) is 0 Å². The van der Waals surface area contributed by atoms with Gasteiger partial charge in [-0.15, -0.1) is 0 Å². The van der Waals surface area contributed by atoms with E-state index in [0.717, 1.165) is 16.7 Å². The maximum absolute atomic E-state index is 12.0. The Morgan fingerprint density at radius 1 is 1.00 bits per heavy atom. The van der Waals surface area contributed by atoms with Gasteiger partial charge in [0.05, 0.1) is 11.2 Å². The summed E-state index contributed by atoms with van der Waals surface area (Å²) in [6, 6.07) is 16.2. The van der Waals surface area contributed by atoms with E-state index >= 15 is 0 Å². The van der Waals surface area contributed by atoms with Crippen LogP contribution in [0.4, 0.5) is 0 Å². The Kier molecular flexibility index (Phi) is 4.53. The van der Waals surface area contributed by atoms with Crippen LogP contribution in [0, 0.1) is 0 Å². The van der Waals surface area contributed by atoms with Crippen LogP contribution >= 0.6 is 0 Å². The van der Waals surface area contributed by atoms with Gasteiger partial charge in [0, 0.05) is 17.7 Å². The van der Waals surface area contributed by atoms with E-state index in [4.69, 9.17) is 9.56 Å². The lowest BCUT2D eigenvalue weighted by Crippen LogP contribution is -2.13. The Bertz CT molecular complexity index is 948. The maximum Gasteiger partial charge on any atom is 0.238 e. The van der Waals surface area contributed by atoms with E-state index in [2.05, 4.69) is 5.32 Å². The molecule has 1 aromatic heterocycles. The first-order chi connectivity index (χ1) is 11.5. The number of benzene rings is 2. The predicted molar refractivity (Wildman–Crippen MR) is 93.7 cm³/mol. The number of hydrogen-bond donors (Lipinski definition) is 2. The molecule has 3 N–H and O–H groups in total. The molecule has 124 valence electrons. The molecule has 0 aliphatic heterocycles. The largest absolute Gasteiger partial charge is 0.464 e. The lowest BCUT2D eigenvalue weighted by atomic mass is 9.95. The van der Waals surface area contributed by atoms with Crippen LogP contribution in [0.15, 0.2) is 70.2 Å². The molecule has 0 spiro atoms. The topological polar surface area (TPSA) is 85.3 Å². The van der Waals surface area contributed by atoms with Gasteiger partial charge < -0.3 is 9.73 Å². The first kappa shape index (κ1) is 16.4. The Labute approximate surface area is 141 Å². The minimum Gasteiger partial charge on any atom is -0.464 e. The summed E-state index contributed by atoms with van der Waals surface area (Å²) in [7, 11) is -1.98. The Morgan fingerprint density at radius 2 is 1.79 bits per heavy atom. The minimum atomic E-state index is -3.84. The summed E-state index contributed by atoms with van der Waals surface area (Å²) in [5.74, 6) is 0.672. The summed E-state index contributed by atoms with van der Waals surface area (Å²) in [4.78, 5) is 0.0967. The van der Waals surface area contributed by atoms with Crippen molar-refractivity contribution in [3.63, 3.8) is 0 Å². The molecule has 5 nitrogen and oxygen atoms in total. The standard InChI is InChI=1S/C18H18N2O3S/c1-20-12-13-8-9-14(17-6-4-10-23-17)16(11-13)15-5-2-3-7-18(15)24(19,21)22/h2-11,20H,12H2,1H3,(H2,19,21,22). The van der Waals surface area contributed by atoms with Crippen LogP contribution in [0.3, 0.4) is 0 Å². The molecule has 0 unspecified atom stereocenters. The minimum absolute atomic E-state index is 0.0967. The fourth-order valence-corrected chi connectivity index (χ4v) is 3.47. The van der Waals surface area contributed by atoms with Crippen molar-refractivity contribution in [2.45, 2.75) is 11.4 Å². The highest BCUT2D eigenvalue weighted by molar-refractivity contribution is 7.89. The normalized spacial score (nSPS) is 11.6. The second kappa shape index (κ2) is 6.60. The Hall–Kier alpha value is -2.41. The number of sulfonamides is 1. The van der Waals surface area contributed by atoms with E-state index in [0.29, 0.717) is 17.9 Å². The van der Waals surface area contributed by atoms with Crippen molar-refractivity contribution in [3.05, 3.63) is 66.4 Å². The molecule has 2 aromatic carbocycles. The number of rotatable bonds is 5. The van der Waals surface area contributed by atoms with Crippen LogP contribution in [0.5, 0.6) is 0 Å². The number of nitrogens with two attached hydrogens (primary N) is 1. The zero-order valence-corrected chi connectivity index (χ0v) is 14.0. The van der Waals surface area contributed by atoms with E-state index in [-0.39, 0.29) is 4.90 Å². The van der Waals surface area contributed by atoms with E-state index in [1.807, 2.05) is 31.3 Å². The average molecular weight is 342 g/mol. The molecular weight excluding hydrogens is 324 g/mol. The van der Waals surface area contributed by atoms with E-state index in [9.17, 15) is 8.42 Å². The molecule has 0 aliphatic carbocycles. The van der Waals surface area contributed by atoms with Crippen molar-refractivity contribution >= 4 is 10.0 Å². The second-order valence-electron chi connectivity index (χ2n) is 5.43. The van der Waals surface area contributed by atoms with Gasteiger partial charge in [-0.25, -0.2) is 13.6 Å². The third kappa shape index (κ3) is 3.26. The van der Waals surface area contributed by atoms with Gasteiger partial charge in [0.15, 0.2) is 0 Å². The number of nitrogens with one attached hydrogen (secondary N) is 1. The van der Waals surface area contributed by atoms with Gasteiger partial charge in [0.2, 0.25) is 10.0 Å². The quantitative estimate of drug-likeness (QED) is 0.746. The molecule has 0 radical (unpaired) electrons. The van der Waals surface area contributed by atoms with Gasteiger partial charge in [0.1, 0.15) is 5.76 Å². The van der Waals surface area contributed by atoms with Crippen molar-refractivity contribution < 1.29 is 12.8 Å². The van der Waals surface area contributed by atoms with E-state index in [1.54, 1.807) is 30.5 Å². The third-order valence-electron chi connectivity index (χ3n) is 3.74. The van der Waals surface area contributed by atoms with Gasteiger partial charge in [-0.3, -0.25) is 0 Å².